The van der Waals surface area contributed by atoms with E-state index in [4.69, 9.17) is 9.97 Å². The zero-order chi connectivity index (χ0) is 25.5. The molecule has 0 radical (unpaired) electrons. The number of hydrogen-bond acceptors (Lipinski definition) is 4. The first-order valence-corrected chi connectivity index (χ1v) is 15.2. The quantitative estimate of drug-likeness (QED) is 0.220. The van der Waals surface area contributed by atoms with Crippen molar-refractivity contribution in [3.8, 4) is 17.2 Å². The molecule has 186 valence electrons. The highest BCUT2D eigenvalue weighted by molar-refractivity contribution is 7.25. The minimum absolute atomic E-state index is 0.793. The minimum atomic E-state index is 0.793. The summed E-state index contributed by atoms with van der Waals surface area (Å²) in [6, 6.07) is 24.0. The predicted molar refractivity (Wildman–Crippen MR) is 167 cm³/mol. The maximum Gasteiger partial charge on any atom is 0.162 e. The van der Waals surface area contributed by atoms with Crippen LogP contribution in [0.3, 0.4) is 0 Å². The van der Waals surface area contributed by atoms with E-state index < -0.39 is 0 Å². The average Bonchev–Trinajstić information content (AvgIpc) is 3.65. The normalized spacial score (nSPS) is 14.6. The SMILES string of the molecule is C1=Cc2c(sc3c(-n4c5c(c6cc7sc8ccccc8c7cc64)C=CCC5)nc(-c4ccccc4)nc23)CC1. The molecule has 0 aliphatic heterocycles. The summed E-state index contributed by atoms with van der Waals surface area (Å²) in [6.07, 6.45) is 13.4. The first kappa shape index (κ1) is 21.8. The molecule has 3 nitrogen and oxygen atoms in total. The van der Waals surface area contributed by atoms with E-state index in [-0.39, 0.29) is 0 Å². The second kappa shape index (κ2) is 8.22. The Morgan fingerprint density at radius 2 is 1.51 bits per heavy atom. The number of nitrogens with zero attached hydrogens (tertiary/aromatic N) is 3. The van der Waals surface area contributed by atoms with Crippen molar-refractivity contribution in [1.82, 2.24) is 14.5 Å². The van der Waals surface area contributed by atoms with Gasteiger partial charge < -0.3 is 0 Å². The van der Waals surface area contributed by atoms with Crippen molar-refractivity contribution in [3.63, 3.8) is 0 Å². The second-order valence-corrected chi connectivity index (χ2v) is 12.6. The van der Waals surface area contributed by atoms with Gasteiger partial charge in [-0.2, -0.15) is 0 Å². The molecule has 0 atom stereocenters. The average molecular weight is 538 g/mol. The van der Waals surface area contributed by atoms with Crippen molar-refractivity contribution in [2.24, 2.45) is 0 Å². The number of benzene rings is 3. The summed E-state index contributed by atoms with van der Waals surface area (Å²) >= 11 is 3.77. The van der Waals surface area contributed by atoms with Gasteiger partial charge in [0.1, 0.15) is 0 Å². The Bertz CT molecular complexity index is 2170. The summed E-state index contributed by atoms with van der Waals surface area (Å²) in [7, 11) is 0. The Hall–Kier alpha value is -4.06. The van der Waals surface area contributed by atoms with Gasteiger partial charge in [0.2, 0.25) is 0 Å². The van der Waals surface area contributed by atoms with Gasteiger partial charge >= 0.3 is 0 Å². The number of allylic oxidation sites excluding steroid dienone is 2. The highest BCUT2D eigenvalue weighted by atomic mass is 32.1. The molecule has 0 saturated heterocycles. The van der Waals surface area contributed by atoms with E-state index in [1.54, 1.807) is 0 Å². The third-order valence-corrected chi connectivity index (χ3v) is 10.5. The van der Waals surface area contributed by atoms with Gasteiger partial charge in [0.15, 0.2) is 11.6 Å². The van der Waals surface area contributed by atoms with Crippen molar-refractivity contribution in [3.05, 3.63) is 101 Å². The molecular weight excluding hydrogens is 515 g/mol. The van der Waals surface area contributed by atoms with Crippen molar-refractivity contribution >= 4 is 76.1 Å². The fraction of sp³-hybridized carbons (Fsp3) is 0.118. The monoisotopic (exact) mass is 537 g/mol. The summed E-state index contributed by atoms with van der Waals surface area (Å²) in [5, 5.41) is 3.97. The molecule has 0 saturated carbocycles. The summed E-state index contributed by atoms with van der Waals surface area (Å²) < 4.78 is 6.35. The van der Waals surface area contributed by atoms with Crippen LogP contribution in [0.4, 0.5) is 0 Å². The number of aryl methyl sites for hydroxylation is 1. The van der Waals surface area contributed by atoms with Gasteiger partial charge in [-0.25, -0.2) is 9.97 Å². The van der Waals surface area contributed by atoms with Gasteiger partial charge in [0.25, 0.3) is 0 Å². The van der Waals surface area contributed by atoms with Crippen molar-refractivity contribution in [2.75, 3.05) is 0 Å². The zero-order valence-corrected chi connectivity index (χ0v) is 22.8. The number of aromatic nitrogens is 3. The molecule has 5 heteroatoms. The first-order chi connectivity index (χ1) is 19.3. The molecule has 0 amide bonds. The molecule has 0 unspecified atom stereocenters. The van der Waals surface area contributed by atoms with E-state index in [1.165, 1.54) is 57.5 Å². The Balaban J connectivity index is 1.44. The number of hydrogen-bond donors (Lipinski definition) is 0. The van der Waals surface area contributed by atoms with Crippen molar-refractivity contribution in [1.29, 1.82) is 0 Å². The number of thiophene rings is 2. The fourth-order valence-electron chi connectivity index (χ4n) is 6.34. The minimum Gasteiger partial charge on any atom is -0.296 e. The van der Waals surface area contributed by atoms with Crippen LogP contribution in [-0.4, -0.2) is 14.5 Å². The van der Waals surface area contributed by atoms with Crippen LogP contribution >= 0.6 is 22.7 Å². The molecule has 4 heterocycles. The van der Waals surface area contributed by atoms with Crippen LogP contribution in [-0.2, 0) is 12.8 Å². The van der Waals surface area contributed by atoms with Gasteiger partial charge in [-0.3, -0.25) is 4.57 Å². The lowest BCUT2D eigenvalue weighted by atomic mass is 10.0. The molecule has 2 aliphatic carbocycles. The summed E-state index contributed by atoms with van der Waals surface area (Å²) in [4.78, 5) is 12.0. The third kappa shape index (κ3) is 3.14. The lowest BCUT2D eigenvalue weighted by molar-refractivity contribution is 0.875. The summed E-state index contributed by atoms with van der Waals surface area (Å²) in [6.45, 7) is 0. The van der Waals surface area contributed by atoms with Crippen LogP contribution in [0, 0.1) is 0 Å². The van der Waals surface area contributed by atoms with E-state index in [1.807, 2.05) is 22.7 Å². The number of fused-ring (bicyclic) bond motifs is 9. The molecule has 3 aromatic carbocycles. The number of rotatable bonds is 2. The Morgan fingerprint density at radius 3 is 2.44 bits per heavy atom. The van der Waals surface area contributed by atoms with Gasteiger partial charge in [-0.1, -0.05) is 72.8 Å². The second-order valence-electron chi connectivity index (χ2n) is 10.4. The van der Waals surface area contributed by atoms with E-state index in [0.29, 0.717) is 0 Å². The fourth-order valence-corrected chi connectivity index (χ4v) is 8.69. The zero-order valence-electron chi connectivity index (χ0n) is 21.1. The van der Waals surface area contributed by atoms with Crippen LogP contribution in [0.15, 0.2) is 78.9 Å². The standard InChI is InChI=1S/C34H23N3S2/c1-2-10-20(11-3-1)33-35-31-23-14-6-9-17-29(23)39-32(31)34(36-33)37-26-15-7-4-12-21(26)24-19-30-25(18-27(24)37)22-13-5-8-16-28(22)38-30/h1-6,8,10-14,16,18-19H,7,9,15,17H2. The molecule has 0 spiro atoms. The summed E-state index contributed by atoms with van der Waals surface area (Å²) in [5.41, 5.74) is 7.35. The molecule has 0 bridgehead atoms. The third-order valence-electron chi connectivity index (χ3n) is 8.13. The van der Waals surface area contributed by atoms with Gasteiger partial charge in [0.05, 0.1) is 15.7 Å². The van der Waals surface area contributed by atoms with Gasteiger partial charge in [0, 0.05) is 52.8 Å². The topological polar surface area (TPSA) is 30.7 Å². The Kier molecular flexibility index (Phi) is 4.60. The molecule has 0 fully saturated rings. The van der Waals surface area contributed by atoms with Gasteiger partial charge in [-0.15, -0.1) is 22.7 Å². The van der Waals surface area contributed by atoms with E-state index in [0.717, 1.165) is 48.4 Å². The van der Waals surface area contributed by atoms with E-state index >= 15 is 0 Å². The Morgan fingerprint density at radius 1 is 0.692 bits per heavy atom. The maximum absolute atomic E-state index is 5.36. The van der Waals surface area contributed by atoms with Crippen LogP contribution in [0.5, 0.6) is 0 Å². The van der Waals surface area contributed by atoms with Crippen LogP contribution < -0.4 is 0 Å². The largest absolute Gasteiger partial charge is 0.296 e. The predicted octanol–water partition coefficient (Wildman–Crippen LogP) is 9.59. The molecular formula is C34H23N3S2. The highest BCUT2D eigenvalue weighted by Crippen LogP contribution is 2.44. The summed E-state index contributed by atoms with van der Waals surface area (Å²) in [5.74, 6) is 1.81. The van der Waals surface area contributed by atoms with Crippen LogP contribution in [0.25, 0.3) is 70.6 Å². The van der Waals surface area contributed by atoms with Crippen LogP contribution in [0.1, 0.15) is 34.5 Å². The molecule has 0 N–H and O–H groups in total. The maximum atomic E-state index is 5.36. The smallest absolute Gasteiger partial charge is 0.162 e. The van der Waals surface area contributed by atoms with Crippen LogP contribution in [0.2, 0.25) is 0 Å². The molecule has 2 aliphatic rings. The molecule has 4 aromatic heterocycles. The van der Waals surface area contributed by atoms with E-state index in [9.17, 15) is 0 Å². The Labute approximate surface area is 233 Å². The molecule has 39 heavy (non-hydrogen) atoms. The highest BCUT2D eigenvalue weighted by Gasteiger charge is 2.26. The van der Waals surface area contributed by atoms with Crippen molar-refractivity contribution in [2.45, 2.75) is 25.7 Å². The van der Waals surface area contributed by atoms with Gasteiger partial charge in [-0.05, 0) is 43.9 Å². The first-order valence-electron chi connectivity index (χ1n) is 13.5. The van der Waals surface area contributed by atoms with E-state index in [2.05, 4.69) is 95.6 Å². The molecule has 7 aromatic rings. The molecule has 9 rings (SSSR count). The lowest BCUT2D eigenvalue weighted by Gasteiger charge is -2.14. The lowest BCUT2D eigenvalue weighted by Crippen LogP contribution is -2.07. The van der Waals surface area contributed by atoms with Crippen molar-refractivity contribution < 1.29 is 0 Å².